The van der Waals surface area contributed by atoms with Gasteiger partial charge in [-0.15, -0.1) is 0 Å². The molecule has 0 N–H and O–H groups in total. The number of esters is 2. The van der Waals surface area contributed by atoms with Crippen molar-refractivity contribution in [3.63, 3.8) is 0 Å². The molecule has 2 aromatic carbocycles. The van der Waals surface area contributed by atoms with Crippen molar-refractivity contribution in [2.75, 3.05) is 53.5 Å². The van der Waals surface area contributed by atoms with Crippen LogP contribution in [0.4, 0.5) is 0 Å². The molecule has 2 heterocycles. The van der Waals surface area contributed by atoms with Crippen molar-refractivity contribution in [2.45, 2.75) is 380 Å². The van der Waals surface area contributed by atoms with E-state index in [4.69, 9.17) is 18.9 Å². The van der Waals surface area contributed by atoms with Gasteiger partial charge in [-0.25, -0.2) is 0 Å². The summed E-state index contributed by atoms with van der Waals surface area (Å²) in [5, 5.41) is 0. The summed E-state index contributed by atoms with van der Waals surface area (Å²) in [5.41, 5.74) is 2.22. The Morgan fingerprint density at radius 1 is 0.418 bits per heavy atom. The molecule has 2 saturated heterocycles. The number of ether oxygens (including phenoxy) is 4. The SMILES string of the molecule is CCCCCCCCCCCC(=O)OC(COc1ccc(C(C)(C)c2ccc(OCC(CN(CCCCCCCC)C3CC(C)(C)N(C)C(C)(C)C3)OC(=O)CCCCCCCCCCC)cc2)cc1)CN(CCCCCCCC)C1CC(C)(C)N(C)C(C)(C)C1. The number of unbranched alkanes of at least 4 members (excludes halogenated alkanes) is 26. The molecule has 0 amide bonds. The van der Waals surface area contributed by atoms with Crippen LogP contribution in [0.1, 0.15) is 339 Å². The first-order valence-corrected chi connectivity index (χ1v) is 38.2. The number of benzene rings is 2. The molecule has 2 aromatic rings. The summed E-state index contributed by atoms with van der Waals surface area (Å²) in [7, 11) is 4.58. The summed E-state index contributed by atoms with van der Waals surface area (Å²) in [6.07, 6.45) is 41.3. The van der Waals surface area contributed by atoms with Crippen LogP contribution in [-0.4, -0.2) is 131 Å². The van der Waals surface area contributed by atoms with Crippen LogP contribution in [0.15, 0.2) is 48.5 Å². The minimum absolute atomic E-state index is 0.0423. The third-order valence-electron chi connectivity index (χ3n) is 21.7. The second-order valence-electron chi connectivity index (χ2n) is 31.7. The van der Waals surface area contributed by atoms with Crippen molar-refractivity contribution in [2.24, 2.45) is 0 Å². The fourth-order valence-electron chi connectivity index (χ4n) is 15.1. The van der Waals surface area contributed by atoms with Crippen LogP contribution in [0, 0.1) is 0 Å². The van der Waals surface area contributed by atoms with Gasteiger partial charge in [0.1, 0.15) is 36.9 Å². The Morgan fingerprint density at radius 2 is 0.670 bits per heavy atom. The largest absolute Gasteiger partial charge is 0.490 e. The Morgan fingerprint density at radius 3 is 0.945 bits per heavy atom. The van der Waals surface area contributed by atoms with Crippen LogP contribution in [0.2, 0.25) is 0 Å². The molecule has 2 aliphatic heterocycles. The molecule has 2 atom stereocenters. The predicted molar refractivity (Wildman–Crippen MR) is 387 cm³/mol. The molecule has 0 bridgehead atoms. The lowest BCUT2D eigenvalue weighted by Crippen LogP contribution is -2.63. The van der Waals surface area contributed by atoms with Crippen molar-refractivity contribution in [1.82, 2.24) is 19.6 Å². The highest BCUT2D eigenvalue weighted by Crippen LogP contribution is 2.41. The van der Waals surface area contributed by atoms with Gasteiger partial charge < -0.3 is 18.9 Å². The number of hydrogen-bond donors (Lipinski definition) is 0. The average molecular weight is 1270 g/mol. The molecular formula is C81H144N4O6. The molecule has 0 aliphatic carbocycles. The number of piperidine rings is 2. The molecule has 91 heavy (non-hydrogen) atoms. The average Bonchev–Trinajstić information content (AvgIpc) is 0.802. The van der Waals surface area contributed by atoms with Gasteiger partial charge in [-0.1, -0.05) is 233 Å². The summed E-state index contributed by atoms with van der Waals surface area (Å²) in [6, 6.07) is 17.9. The van der Waals surface area contributed by atoms with Crippen LogP contribution in [0.5, 0.6) is 11.5 Å². The maximum atomic E-state index is 13.8. The van der Waals surface area contributed by atoms with Gasteiger partial charge in [0.25, 0.3) is 0 Å². The van der Waals surface area contributed by atoms with E-state index in [2.05, 4.69) is 179 Å². The molecular weight excluding hydrogens is 1120 g/mol. The summed E-state index contributed by atoms with van der Waals surface area (Å²) in [4.78, 5) is 38.1. The second kappa shape index (κ2) is 42.4. The Bertz CT molecular complexity index is 2040. The zero-order valence-electron chi connectivity index (χ0n) is 62.4. The monoisotopic (exact) mass is 1270 g/mol. The van der Waals surface area contributed by atoms with Crippen LogP contribution >= 0.6 is 0 Å². The lowest BCUT2D eigenvalue weighted by atomic mass is 9.76. The van der Waals surface area contributed by atoms with Gasteiger partial charge in [-0.05, 0) is 169 Å². The molecule has 2 fully saturated rings. The first-order valence-electron chi connectivity index (χ1n) is 38.2. The summed E-state index contributed by atoms with van der Waals surface area (Å²) in [5.74, 6) is 1.37. The normalized spacial score (nSPS) is 17.8. The highest BCUT2D eigenvalue weighted by atomic mass is 16.6. The van der Waals surface area contributed by atoms with Crippen LogP contribution in [0.25, 0.3) is 0 Å². The lowest BCUT2D eigenvalue weighted by Gasteiger charge is -2.56. The standard InChI is InChI=1S/C81H144N4O6/c1-17-21-25-29-33-35-37-39-43-47-75(86)90-73(63-84(57-45-41-31-27-23-19-3)69-59-77(5,6)82(15)78(7,8)60-69)65-88-71-53-49-67(50-54-71)81(13,14)68-51-55-72(56-52-68)89-66-74(91-76(87)48-44-40-38-36-34-30-26-22-18-2)64-85(58-46-42-32-28-24-20-4)70-61-79(9,10)83(16)80(11,12)62-70/h49-56,69-70,73-74H,17-48,57-66H2,1-16H3. The Hall–Kier alpha value is -3.18. The van der Waals surface area contributed by atoms with Crippen LogP contribution < -0.4 is 9.47 Å². The Kier molecular flexibility index (Phi) is 37.4. The first-order chi connectivity index (χ1) is 43.4. The number of likely N-dealkylation sites (tertiary alicyclic amines) is 2. The smallest absolute Gasteiger partial charge is 0.306 e. The molecule has 2 aliphatic rings. The van der Waals surface area contributed by atoms with E-state index in [0.29, 0.717) is 51.2 Å². The van der Waals surface area contributed by atoms with E-state index in [-0.39, 0.29) is 51.7 Å². The van der Waals surface area contributed by atoms with Crippen molar-refractivity contribution in [3.05, 3.63) is 59.7 Å². The van der Waals surface area contributed by atoms with Crippen molar-refractivity contribution >= 4 is 11.9 Å². The quantitative estimate of drug-likeness (QED) is 0.0472. The Labute approximate surface area is 561 Å². The molecule has 10 nitrogen and oxygen atoms in total. The van der Waals surface area contributed by atoms with Crippen molar-refractivity contribution in [3.8, 4) is 11.5 Å². The molecule has 2 unspecified atom stereocenters. The summed E-state index contributed by atoms with van der Waals surface area (Å²) >= 11 is 0. The molecule has 524 valence electrons. The number of carbonyl (C=O) groups excluding carboxylic acids is 2. The maximum Gasteiger partial charge on any atom is 0.306 e. The highest BCUT2D eigenvalue weighted by Gasteiger charge is 2.46. The lowest BCUT2D eigenvalue weighted by molar-refractivity contribution is -0.153. The van der Waals surface area contributed by atoms with E-state index in [1.165, 1.54) is 165 Å². The van der Waals surface area contributed by atoms with Gasteiger partial charge in [0.2, 0.25) is 0 Å². The highest BCUT2D eigenvalue weighted by molar-refractivity contribution is 5.70. The second-order valence-corrected chi connectivity index (χ2v) is 31.7. The minimum Gasteiger partial charge on any atom is -0.490 e. The van der Waals surface area contributed by atoms with E-state index in [0.717, 1.165) is 88.8 Å². The van der Waals surface area contributed by atoms with Crippen LogP contribution in [0.3, 0.4) is 0 Å². The third kappa shape index (κ3) is 29.8. The fourth-order valence-corrected chi connectivity index (χ4v) is 15.1. The van der Waals surface area contributed by atoms with Crippen LogP contribution in [-0.2, 0) is 24.5 Å². The topological polar surface area (TPSA) is 84.0 Å². The van der Waals surface area contributed by atoms with Crippen molar-refractivity contribution < 1.29 is 28.5 Å². The summed E-state index contributed by atoms with van der Waals surface area (Å²) < 4.78 is 26.4. The molecule has 0 aromatic heterocycles. The Balaban J connectivity index is 1.50. The van der Waals surface area contributed by atoms with E-state index in [9.17, 15) is 9.59 Å². The molecule has 0 saturated carbocycles. The number of rotatable bonds is 50. The van der Waals surface area contributed by atoms with Gasteiger partial charge in [-0.2, -0.15) is 0 Å². The van der Waals surface area contributed by atoms with Gasteiger partial charge in [-0.3, -0.25) is 29.2 Å². The van der Waals surface area contributed by atoms with E-state index >= 15 is 0 Å². The van der Waals surface area contributed by atoms with E-state index in [1.807, 2.05) is 0 Å². The van der Waals surface area contributed by atoms with Gasteiger partial charge >= 0.3 is 11.9 Å². The summed E-state index contributed by atoms with van der Waals surface area (Å²) in [6.45, 7) is 36.8. The van der Waals surface area contributed by atoms with Gasteiger partial charge in [0.15, 0.2) is 0 Å². The minimum atomic E-state index is -0.385. The van der Waals surface area contributed by atoms with Gasteiger partial charge in [0, 0.05) is 65.6 Å². The number of nitrogens with zero attached hydrogens (tertiary/aromatic N) is 4. The van der Waals surface area contributed by atoms with E-state index < -0.39 is 0 Å². The maximum absolute atomic E-state index is 13.8. The molecule has 0 spiro atoms. The van der Waals surface area contributed by atoms with Crippen molar-refractivity contribution in [1.29, 1.82) is 0 Å². The third-order valence-corrected chi connectivity index (χ3v) is 21.7. The zero-order chi connectivity index (χ0) is 66.8. The number of hydrogen-bond acceptors (Lipinski definition) is 10. The number of carbonyl (C=O) groups is 2. The first kappa shape index (κ1) is 80.3. The van der Waals surface area contributed by atoms with E-state index in [1.54, 1.807) is 0 Å². The molecule has 4 rings (SSSR count). The molecule has 10 heteroatoms. The predicted octanol–water partition coefficient (Wildman–Crippen LogP) is 21.1. The van der Waals surface area contributed by atoms with Gasteiger partial charge in [0.05, 0.1) is 0 Å². The fraction of sp³-hybridized carbons (Fsp3) is 0.827. The molecule has 0 radical (unpaired) electrons. The zero-order valence-corrected chi connectivity index (χ0v) is 62.4.